The number of carbonyl (C=O) groups is 1. The number of Topliss-reactive ketones (excluding diaryl/α,β-unsaturated/α-hetero) is 1. The van der Waals surface area contributed by atoms with Crippen LogP contribution in [-0.4, -0.2) is 17.8 Å². The summed E-state index contributed by atoms with van der Waals surface area (Å²) in [5.41, 5.74) is 1.32. The van der Waals surface area contributed by atoms with Crippen LogP contribution in [0.15, 0.2) is 12.1 Å². The van der Waals surface area contributed by atoms with Gasteiger partial charge in [0.05, 0.1) is 17.5 Å². The van der Waals surface area contributed by atoms with E-state index < -0.39 is 0 Å². The monoisotopic (exact) mass is 260 g/mol. The summed E-state index contributed by atoms with van der Waals surface area (Å²) in [5.74, 6) is 0.287. The number of hydrogen-bond acceptors (Lipinski definition) is 2. The van der Waals surface area contributed by atoms with Crippen LogP contribution >= 0.6 is 23.2 Å². The summed E-state index contributed by atoms with van der Waals surface area (Å²) < 4.78 is 5.57. The predicted molar refractivity (Wildman–Crippen MR) is 67.0 cm³/mol. The predicted octanol–water partition coefficient (Wildman–Crippen LogP) is 3.86. The van der Waals surface area contributed by atoms with Crippen LogP contribution < -0.4 is 4.74 Å². The molecular weight excluding hydrogens is 247 g/mol. The molecule has 1 aromatic rings. The molecule has 0 aliphatic carbocycles. The molecule has 0 saturated carbocycles. The first-order chi connectivity index (χ1) is 7.45. The van der Waals surface area contributed by atoms with Crippen molar-refractivity contribution in [3.05, 3.63) is 28.3 Å². The van der Waals surface area contributed by atoms with Gasteiger partial charge in [-0.2, -0.15) is 0 Å². The summed E-state index contributed by atoms with van der Waals surface area (Å²) in [6.45, 7) is 5.67. The Hall–Kier alpha value is -0.730. The average Bonchev–Trinajstić information content (AvgIpc) is 2.21. The molecule has 0 amide bonds. The van der Waals surface area contributed by atoms with E-state index in [1.807, 2.05) is 20.8 Å². The highest BCUT2D eigenvalue weighted by atomic mass is 35.5. The number of ether oxygens (including phenoxy) is 1. The molecule has 0 atom stereocenters. The number of carbonyl (C=O) groups excluding carboxylic acids is 1. The van der Waals surface area contributed by atoms with Crippen molar-refractivity contribution in [2.75, 3.05) is 5.88 Å². The number of alkyl halides is 1. The summed E-state index contributed by atoms with van der Waals surface area (Å²) >= 11 is 11.5. The molecule has 0 radical (unpaired) electrons. The smallest absolute Gasteiger partial charge is 0.181 e. The number of ketones is 1. The maximum atomic E-state index is 11.6. The fraction of sp³-hybridized carbons (Fsp3) is 0.417. The quantitative estimate of drug-likeness (QED) is 0.607. The second-order valence-electron chi connectivity index (χ2n) is 3.82. The zero-order chi connectivity index (χ0) is 12.3. The summed E-state index contributed by atoms with van der Waals surface area (Å²) in [4.78, 5) is 11.6. The molecule has 2 nitrogen and oxygen atoms in total. The molecular formula is C12H14Cl2O2. The van der Waals surface area contributed by atoms with Gasteiger partial charge in [-0.25, -0.2) is 0 Å². The van der Waals surface area contributed by atoms with E-state index >= 15 is 0 Å². The molecule has 16 heavy (non-hydrogen) atoms. The van der Waals surface area contributed by atoms with Gasteiger partial charge in [0.2, 0.25) is 0 Å². The zero-order valence-electron chi connectivity index (χ0n) is 9.51. The molecule has 0 aliphatic rings. The highest BCUT2D eigenvalue weighted by Crippen LogP contribution is 2.28. The standard InChI is InChI=1S/C12H14Cl2O2/c1-7(2)16-12-4-8(3)10(14)5-9(12)11(15)6-13/h4-5,7H,6H2,1-3H3. The van der Waals surface area contributed by atoms with E-state index in [1.54, 1.807) is 12.1 Å². The largest absolute Gasteiger partial charge is 0.490 e. The molecule has 0 N–H and O–H groups in total. The third-order valence-electron chi connectivity index (χ3n) is 2.05. The minimum absolute atomic E-state index is 0.00227. The van der Waals surface area contributed by atoms with Crippen molar-refractivity contribution in [3.8, 4) is 5.75 Å². The Bertz CT molecular complexity index is 400. The number of aryl methyl sites for hydroxylation is 1. The van der Waals surface area contributed by atoms with Crippen LogP contribution in [0.25, 0.3) is 0 Å². The second-order valence-corrected chi connectivity index (χ2v) is 4.50. The van der Waals surface area contributed by atoms with E-state index in [1.165, 1.54) is 0 Å². The van der Waals surface area contributed by atoms with Gasteiger partial charge in [0.15, 0.2) is 5.78 Å². The lowest BCUT2D eigenvalue weighted by molar-refractivity contribution is 0.101. The molecule has 0 spiro atoms. The van der Waals surface area contributed by atoms with Crippen molar-refractivity contribution in [2.45, 2.75) is 26.9 Å². The van der Waals surface area contributed by atoms with Crippen molar-refractivity contribution < 1.29 is 9.53 Å². The van der Waals surface area contributed by atoms with Gasteiger partial charge in [-0.15, -0.1) is 11.6 Å². The highest BCUT2D eigenvalue weighted by molar-refractivity contribution is 6.33. The Kier molecular flexibility index (Phi) is 4.63. The Morgan fingerprint density at radius 1 is 1.44 bits per heavy atom. The molecule has 88 valence electrons. The van der Waals surface area contributed by atoms with Gasteiger partial charge >= 0.3 is 0 Å². The molecule has 1 aromatic carbocycles. The van der Waals surface area contributed by atoms with Crippen LogP contribution in [0, 0.1) is 6.92 Å². The first kappa shape index (κ1) is 13.3. The van der Waals surface area contributed by atoms with Crippen molar-refractivity contribution in [1.82, 2.24) is 0 Å². The topological polar surface area (TPSA) is 26.3 Å². The Balaban J connectivity index is 3.21. The highest BCUT2D eigenvalue weighted by Gasteiger charge is 2.15. The van der Waals surface area contributed by atoms with Gasteiger partial charge in [-0.1, -0.05) is 11.6 Å². The Labute approximate surface area is 106 Å². The van der Waals surface area contributed by atoms with Crippen molar-refractivity contribution in [1.29, 1.82) is 0 Å². The Morgan fingerprint density at radius 3 is 2.56 bits per heavy atom. The minimum atomic E-state index is -0.181. The van der Waals surface area contributed by atoms with Crippen LogP contribution in [-0.2, 0) is 0 Å². The third kappa shape index (κ3) is 3.13. The average molecular weight is 261 g/mol. The molecule has 0 heterocycles. The fourth-order valence-corrected chi connectivity index (χ4v) is 1.60. The number of halogens is 2. The van der Waals surface area contributed by atoms with Crippen molar-refractivity contribution in [3.63, 3.8) is 0 Å². The van der Waals surface area contributed by atoms with Gasteiger partial charge in [-0.3, -0.25) is 4.79 Å². The van der Waals surface area contributed by atoms with Gasteiger partial charge in [-0.05, 0) is 38.5 Å². The van der Waals surface area contributed by atoms with Gasteiger partial charge in [0.25, 0.3) is 0 Å². The normalized spacial score (nSPS) is 10.6. The van der Waals surface area contributed by atoms with E-state index in [0.29, 0.717) is 16.3 Å². The molecule has 0 aromatic heterocycles. The molecule has 4 heteroatoms. The summed E-state index contributed by atoms with van der Waals surface area (Å²) in [5, 5.41) is 0.546. The lowest BCUT2D eigenvalue weighted by Crippen LogP contribution is -2.11. The van der Waals surface area contributed by atoms with Crippen LogP contribution in [0.5, 0.6) is 5.75 Å². The summed E-state index contributed by atoms with van der Waals surface area (Å²) in [7, 11) is 0. The number of rotatable bonds is 4. The third-order valence-corrected chi connectivity index (χ3v) is 2.70. The van der Waals surface area contributed by atoms with E-state index in [4.69, 9.17) is 27.9 Å². The minimum Gasteiger partial charge on any atom is -0.490 e. The van der Waals surface area contributed by atoms with Crippen LogP contribution in [0.1, 0.15) is 29.8 Å². The first-order valence-electron chi connectivity index (χ1n) is 5.01. The van der Waals surface area contributed by atoms with Crippen LogP contribution in [0.4, 0.5) is 0 Å². The maximum Gasteiger partial charge on any atom is 0.181 e. The lowest BCUT2D eigenvalue weighted by Gasteiger charge is -2.14. The lowest BCUT2D eigenvalue weighted by atomic mass is 10.1. The number of benzene rings is 1. The van der Waals surface area contributed by atoms with E-state index in [9.17, 15) is 4.79 Å². The molecule has 0 saturated heterocycles. The van der Waals surface area contributed by atoms with Crippen LogP contribution in [0.2, 0.25) is 5.02 Å². The molecule has 0 aliphatic heterocycles. The van der Waals surface area contributed by atoms with E-state index in [0.717, 1.165) is 5.56 Å². The van der Waals surface area contributed by atoms with Crippen molar-refractivity contribution >= 4 is 29.0 Å². The molecule has 0 unspecified atom stereocenters. The van der Waals surface area contributed by atoms with Gasteiger partial charge in [0.1, 0.15) is 5.75 Å². The summed E-state index contributed by atoms with van der Waals surface area (Å²) in [6, 6.07) is 3.38. The molecule has 0 bridgehead atoms. The molecule has 1 rings (SSSR count). The second kappa shape index (κ2) is 5.55. The van der Waals surface area contributed by atoms with Gasteiger partial charge in [0, 0.05) is 5.02 Å². The fourth-order valence-electron chi connectivity index (χ4n) is 1.30. The van der Waals surface area contributed by atoms with Gasteiger partial charge < -0.3 is 4.74 Å². The summed E-state index contributed by atoms with van der Waals surface area (Å²) in [6.07, 6.45) is 0.00227. The number of hydrogen-bond donors (Lipinski definition) is 0. The van der Waals surface area contributed by atoms with E-state index in [-0.39, 0.29) is 17.8 Å². The molecule has 0 fully saturated rings. The maximum absolute atomic E-state index is 11.6. The van der Waals surface area contributed by atoms with Crippen LogP contribution in [0.3, 0.4) is 0 Å². The zero-order valence-corrected chi connectivity index (χ0v) is 11.0. The first-order valence-corrected chi connectivity index (χ1v) is 5.93. The van der Waals surface area contributed by atoms with Crippen molar-refractivity contribution in [2.24, 2.45) is 0 Å². The Morgan fingerprint density at radius 2 is 2.06 bits per heavy atom. The van der Waals surface area contributed by atoms with E-state index in [2.05, 4.69) is 0 Å². The SMILES string of the molecule is Cc1cc(OC(C)C)c(C(=O)CCl)cc1Cl.